The van der Waals surface area contributed by atoms with E-state index in [1.807, 2.05) is 11.0 Å². The number of nitriles is 1. The van der Waals surface area contributed by atoms with E-state index < -0.39 is 5.97 Å². The molecule has 2 heterocycles. The second kappa shape index (κ2) is 2.77. The van der Waals surface area contributed by atoms with Crippen molar-refractivity contribution in [3.63, 3.8) is 0 Å². The van der Waals surface area contributed by atoms with Crippen molar-refractivity contribution < 1.29 is 9.90 Å². The summed E-state index contributed by atoms with van der Waals surface area (Å²) in [6.07, 6.45) is 0. The summed E-state index contributed by atoms with van der Waals surface area (Å²) in [4.78, 5) is 15.2. The van der Waals surface area contributed by atoms with E-state index in [9.17, 15) is 4.79 Å². The first kappa shape index (κ1) is 8.11. The van der Waals surface area contributed by atoms with Crippen LogP contribution in [0.2, 0.25) is 0 Å². The molecule has 0 fully saturated rings. The molecule has 0 aliphatic carbocycles. The van der Waals surface area contributed by atoms with Crippen molar-refractivity contribution in [1.29, 1.82) is 5.26 Å². The number of hydrogen-bond acceptors (Lipinski definition) is 2. The van der Waals surface area contributed by atoms with Crippen molar-refractivity contribution in [2.45, 2.75) is 0 Å². The van der Waals surface area contributed by atoms with E-state index >= 15 is 0 Å². The van der Waals surface area contributed by atoms with E-state index in [0.717, 1.165) is 9.78 Å². The molecule has 0 bridgehead atoms. The molecule has 5 heteroatoms. The van der Waals surface area contributed by atoms with Gasteiger partial charge in [-0.05, 0) is 0 Å². The average Bonchev–Trinajstić information content (AvgIpc) is 2.60. The zero-order valence-electron chi connectivity index (χ0n) is 6.37. The fraction of sp³-hybridized carbons (Fsp3) is 0. The van der Waals surface area contributed by atoms with E-state index in [4.69, 9.17) is 10.4 Å². The van der Waals surface area contributed by atoms with Crippen LogP contribution in [0.4, 0.5) is 0 Å². The van der Waals surface area contributed by atoms with Crippen molar-refractivity contribution in [3.8, 4) is 6.07 Å². The van der Waals surface area contributed by atoms with Crippen molar-refractivity contribution in [2.24, 2.45) is 0 Å². The molecule has 2 rings (SSSR count). The van der Waals surface area contributed by atoms with Gasteiger partial charge < -0.3 is 0 Å². The second-order valence-corrected chi connectivity index (χ2v) is 4.34. The minimum atomic E-state index is -0.984. The predicted molar refractivity (Wildman–Crippen MR) is 46.9 cm³/mol. The van der Waals surface area contributed by atoms with Gasteiger partial charge in [0.25, 0.3) is 0 Å². The quantitative estimate of drug-likeness (QED) is 0.722. The number of nitrogens with zero attached hydrogens (tertiary/aromatic N) is 1. The molecular weight excluding hydrogens is 235 g/mol. The molecule has 0 unspecified atom stereocenters. The van der Waals surface area contributed by atoms with Crippen LogP contribution in [0.3, 0.4) is 0 Å². The molecule has 2 N–H and O–H groups in total. The number of nitrogens with one attached hydrogen (secondary N) is 1. The molecule has 0 spiro atoms. The molecule has 0 saturated carbocycles. The zero-order chi connectivity index (χ0) is 9.42. The van der Waals surface area contributed by atoms with Crippen molar-refractivity contribution >= 4 is 30.2 Å². The number of fused-ring (bicyclic) bond motifs is 1. The molecule has 0 amide bonds. The summed E-state index contributed by atoms with van der Waals surface area (Å²) in [5.74, 6) is -0.984. The number of carboxylic acids is 1. The zero-order valence-corrected chi connectivity index (χ0v) is 8.08. The second-order valence-electron chi connectivity index (χ2n) is 2.49. The summed E-state index contributed by atoms with van der Waals surface area (Å²) in [5, 5.41) is 18.1. The number of rotatable bonds is 1. The van der Waals surface area contributed by atoms with Gasteiger partial charge in [0.2, 0.25) is 0 Å². The van der Waals surface area contributed by atoms with Crippen molar-refractivity contribution in [1.82, 2.24) is 4.98 Å². The molecule has 0 saturated heterocycles. The number of H-pyrrole nitrogens is 1. The Hall–Kier alpha value is -1.50. The standard InChI is InChI=1S/C8H4N2O2Se/c9-2-4-3-13-7-5(4)1-6(10-7)8(11)12/h1,3,10H,(H,11,12). The fourth-order valence-corrected chi connectivity index (χ4v) is 2.96. The van der Waals surface area contributed by atoms with Gasteiger partial charge in [-0.2, -0.15) is 0 Å². The van der Waals surface area contributed by atoms with Crippen LogP contribution in [-0.4, -0.2) is 30.6 Å². The number of aromatic amines is 1. The molecule has 64 valence electrons. The topological polar surface area (TPSA) is 76.9 Å². The van der Waals surface area contributed by atoms with Crippen molar-refractivity contribution in [2.75, 3.05) is 0 Å². The Bertz CT molecular complexity index is 518. The SMILES string of the molecule is N#Cc1c[se]c2[nH]c(C(=O)O)cc12. The van der Waals surface area contributed by atoms with Gasteiger partial charge in [0, 0.05) is 0 Å². The Morgan fingerprint density at radius 3 is 3.08 bits per heavy atom. The Balaban J connectivity index is 2.71. The summed E-state index contributed by atoms with van der Waals surface area (Å²) in [7, 11) is 0. The summed E-state index contributed by atoms with van der Waals surface area (Å²) in [5.41, 5.74) is 0.742. The van der Waals surface area contributed by atoms with Crippen LogP contribution in [-0.2, 0) is 0 Å². The van der Waals surface area contributed by atoms with Crippen LogP contribution in [0, 0.1) is 11.3 Å². The summed E-state index contributed by atoms with van der Waals surface area (Å²) >= 11 is 0.0775. The van der Waals surface area contributed by atoms with Gasteiger partial charge in [-0.25, -0.2) is 0 Å². The molecule has 0 radical (unpaired) electrons. The monoisotopic (exact) mass is 240 g/mol. The summed E-state index contributed by atoms with van der Waals surface area (Å²) in [6.45, 7) is 0. The Morgan fingerprint density at radius 1 is 1.69 bits per heavy atom. The van der Waals surface area contributed by atoms with Crippen molar-refractivity contribution in [3.05, 3.63) is 22.3 Å². The van der Waals surface area contributed by atoms with Gasteiger partial charge in [0.05, 0.1) is 0 Å². The van der Waals surface area contributed by atoms with E-state index in [-0.39, 0.29) is 20.2 Å². The number of aromatic nitrogens is 1. The molecule has 0 aliphatic rings. The molecule has 0 aromatic carbocycles. The number of aromatic carboxylic acids is 1. The van der Waals surface area contributed by atoms with Gasteiger partial charge in [0.1, 0.15) is 0 Å². The maximum absolute atomic E-state index is 10.6. The van der Waals surface area contributed by atoms with E-state index in [2.05, 4.69) is 4.98 Å². The van der Waals surface area contributed by atoms with Crippen LogP contribution < -0.4 is 0 Å². The van der Waals surface area contributed by atoms with Gasteiger partial charge in [-0.15, -0.1) is 0 Å². The maximum atomic E-state index is 10.6. The van der Waals surface area contributed by atoms with Crippen LogP contribution in [0.15, 0.2) is 11.0 Å². The first-order chi connectivity index (χ1) is 6.22. The third-order valence-electron chi connectivity index (χ3n) is 1.72. The molecule has 0 atom stereocenters. The normalized spacial score (nSPS) is 10.1. The molecule has 0 aliphatic heterocycles. The van der Waals surface area contributed by atoms with Crippen LogP contribution in [0.1, 0.15) is 16.1 Å². The Morgan fingerprint density at radius 2 is 2.46 bits per heavy atom. The van der Waals surface area contributed by atoms with Crippen LogP contribution >= 0.6 is 0 Å². The minimum absolute atomic E-state index is 0.0775. The molecule has 2 aromatic heterocycles. The average molecular weight is 239 g/mol. The van der Waals surface area contributed by atoms with Crippen LogP contribution in [0.5, 0.6) is 0 Å². The summed E-state index contributed by atoms with van der Waals surface area (Å²) < 4.78 is 0.876. The summed E-state index contributed by atoms with van der Waals surface area (Å²) in [6, 6.07) is 3.55. The molecular formula is C8H4N2O2Se. The molecule has 4 nitrogen and oxygen atoms in total. The van der Waals surface area contributed by atoms with E-state index in [1.54, 1.807) is 0 Å². The first-order valence-corrected chi connectivity index (χ1v) is 5.30. The third kappa shape index (κ3) is 1.17. The van der Waals surface area contributed by atoms with E-state index in [0.29, 0.717) is 5.56 Å². The number of carboxylic acid groups (broad SMARTS) is 1. The Labute approximate surface area is 79.2 Å². The molecule has 13 heavy (non-hydrogen) atoms. The predicted octanol–water partition coefficient (Wildman–Crippen LogP) is 0.795. The van der Waals surface area contributed by atoms with Gasteiger partial charge in [-0.3, -0.25) is 0 Å². The third-order valence-corrected chi connectivity index (χ3v) is 3.63. The van der Waals surface area contributed by atoms with E-state index in [1.165, 1.54) is 6.07 Å². The molecule has 2 aromatic rings. The fourth-order valence-electron chi connectivity index (χ4n) is 1.11. The van der Waals surface area contributed by atoms with Gasteiger partial charge in [-0.1, -0.05) is 0 Å². The number of carbonyl (C=O) groups is 1. The number of hydrogen-bond donors (Lipinski definition) is 2. The first-order valence-electron chi connectivity index (χ1n) is 3.46. The van der Waals surface area contributed by atoms with Crippen LogP contribution in [0.25, 0.3) is 9.78 Å². The van der Waals surface area contributed by atoms with Gasteiger partial charge in [0.15, 0.2) is 0 Å². The Kier molecular flexibility index (Phi) is 1.73. The van der Waals surface area contributed by atoms with Gasteiger partial charge >= 0.3 is 78.7 Å².